The molecule has 23 heavy (non-hydrogen) atoms. The molecule has 2 fully saturated rings. The van der Waals surface area contributed by atoms with Crippen LogP contribution < -0.4 is 5.32 Å². The SMILES string of the molecule is O=C(NCCCn1ccnc1)[C@@H]1COC(=O)N1CC1CCOC1. The van der Waals surface area contributed by atoms with Gasteiger partial charge in [0, 0.05) is 44.6 Å². The summed E-state index contributed by atoms with van der Waals surface area (Å²) in [5, 5.41) is 2.88. The van der Waals surface area contributed by atoms with Crippen LogP contribution in [0.3, 0.4) is 0 Å². The predicted molar refractivity (Wildman–Crippen MR) is 80.6 cm³/mol. The fourth-order valence-electron chi connectivity index (χ4n) is 2.88. The topological polar surface area (TPSA) is 85.7 Å². The quantitative estimate of drug-likeness (QED) is 0.727. The van der Waals surface area contributed by atoms with Crippen molar-refractivity contribution in [1.29, 1.82) is 0 Å². The number of ether oxygens (including phenoxy) is 2. The van der Waals surface area contributed by atoms with E-state index in [2.05, 4.69) is 10.3 Å². The summed E-state index contributed by atoms with van der Waals surface area (Å²) >= 11 is 0. The summed E-state index contributed by atoms with van der Waals surface area (Å²) in [6.07, 6.45) is 6.68. The Hall–Kier alpha value is -2.09. The maximum absolute atomic E-state index is 12.3. The van der Waals surface area contributed by atoms with E-state index in [0.717, 1.165) is 26.0 Å². The Balaban J connectivity index is 1.44. The van der Waals surface area contributed by atoms with Gasteiger partial charge in [0.2, 0.25) is 5.91 Å². The molecule has 2 atom stereocenters. The van der Waals surface area contributed by atoms with Crippen molar-refractivity contribution in [3.05, 3.63) is 18.7 Å². The lowest BCUT2D eigenvalue weighted by molar-refractivity contribution is -0.125. The molecule has 0 saturated carbocycles. The molecule has 0 radical (unpaired) electrons. The molecule has 0 aromatic carbocycles. The zero-order chi connectivity index (χ0) is 16.1. The van der Waals surface area contributed by atoms with Gasteiger partial charge in [-0.15, -0.1) is 0 Å². The van der Waals surface area contributed by atoms with Crippen LogP contribution in [-0.2, 0) is 20.8 Å². The van der Waals surface area contributed by atoms with Gasteiger partial charge in [0.1, 0.15) is 12.6 Å². The minimum Gasteiger partial charge on any atom is -0.447 e. The highest BCUT2D eigenvalue weighted by atomic mass is 16.6. The van der Waals surface area contributed by atoms with Crippen molar-refractivity contribution in [3.8, 4) is 0 Å². The average molecular weight is 322 g/mol. The molecule has 1 unspecified atom stereocenters. The van der Waals surface area contributed by atoms with Gasteiger partial charge in [-0.1, -0.05) is 0 Å². The van der Waals surface area contributed by atoms with Gasteiger partial charge < -0.3 is 19.4 Å². The first-order chi connectivity index (χ1) is 11.2. The van der Waals surface area contributed by atoms with Gasteiger partial charge in [-0.3, -0.25) is 9.69 Å². The number of aromatic nitrogens is 2. The first-order valence-corrected chi connectivity index (χ1v) is 7.98. The van der Waals surface area contributed by atoms with E-state index in [0.29, 0.717) is 19.7 Å². The van der Waals surface area contributed by atoms with Crippen LogP contribution in [0.2, 0.25) is 0 Å². The molecule has 0 bridgehead atoms. The maximum Gasteiger partial charge on any atom is 0.410 e. The van der Waals surface area contributed by atoms with Crippen molar-refractivity contribution in [1.82, 2.24) is 19.8 Å². The van der Waals surface area contributed by atoms with Crippen molar-refractivity contribution in [2.24, 2.45) is 5.92 Å². The number of amides is 2. The van der Waals surface area contributed by atoms with Crippen LogP contribution >= 0.6 is 0 Å². The number of hydrogen-bond acceptors (Lipinski definition) is 5. The van der Waals surface area contributed by atoms with E-state index in [4.69, 9.17) is 9.47 Å². The summed E-state index contributed by atoms with van der Waals surface area (Å²) < 4.78 is 12.3. The van der Waals surface area contributed by atoms with Gasteiger partial charge in [0.05, 0.1) is 12.9 Å². The van der Waals surface area contributed by atoms with Crippen LogP contribution in [0.25, 0.3) is 0 Å². The number of carbonyl (C=O) groups is 2. The molecule has 2 aliphatic heterocycles. The molecule has 2 saturated heterocycles. The molecule has 0 spiro atoms. The Morgan fingerprint density at radius 3 is 3.09 bits per heavy atom. The molecular weight excluding hydrogens is 300 g/mol. The van der Waals surface area contributed by atoms with E-state index in [1.54, 1.807) is 12.5 Å². The molecule has 1 N–H and O–H groups in total. The van der Waals surface area contributed by atoms with Gasteiger partial charge in [-0.25, -0.2) is 9.78 Å². The van der Waals surface area contributed by atoms with Crippen molar-refractivity contribution in [3.63, 3.8) is 0 Å². The van der Waals surface area contributed by atoms with Crippen LogP contribution in [-0.4, -0.2) is 65.4 Å². The van der Waals surface area contributed by atoms with Crippen LogP contribution in [0.5, 0.6) is 0 Å². The van der Waals surface area contributed by atoms with Gasteiger partial charge >= 0.3 is 6.09 Å². The second-order valence-corrected chi connectivity index (χ2v) is 5.92. The Morgan fingerprint density at radius 2 is 2.35 bits per heavy atom. The van der Waals surface area contributed by atoms with E-state index in [1.807, 2.05) is 10.8 Å². The number of aryl methyl sites for hydroxylation is 1. The van der Waals surface area contributed by atoms with E-state index in [1.165, 1.54) is 4.90 Å². The average Bonchev–Trinajstić information content (AvgIpc) is 3.28. The number of cyclic esters (lactones) is 1. The standard InChI is InChI=1S/C15H22N4O4/c20-14(17-3-1-5-18-6-4-16-11-18)13-10-23-15(21)19(13)8-12-2-7-22-9-12/h4,6,11-13H,1-3,5,7-10H2,(H,17,20)/t12?,13-/m0/s1. The summed E-state index contributed by atoms with van der Waals surface area (Å²) in [6, 6.07) is -0.531. The molecule has 1 aromatic heterocycles. The normalized spacial score (nSPS) is 24.0. The Bertz CT molecular complexity index is 528. The van der Waals surface area contributed by atoms with Crippen LogP contribution in [0, 0.1) is 5.92 Å². The van der Waals surface area contributed by atoms with Gasteiger partial charge in [-0.05, 0) is 12.8 Å². The summed E-state index contributed by atoms with van der Waals surface area (Å²) in [5.41, 5.74) is 0. The molecule has 2 aliphatic rings. The van der Waals surface area contributed by atoms with E-state index < -0.39 is 12.1 Å². The Kier molecular flexibility index (Phi) is 5.12. The lowest BCUT2D eigenvalue weighted by Crippen LogP contribution is -2.47. The van der Waals surface area contributed by atoms with Crippen molar-refractivity contribution in [2.45, 2.75) is 25.4 Å². The molecule has 3 rings (SSSR count). The van der Waals surface area contributed by atoms with Crippen LogP contribution in [0.1, 0.15) is 12.8 Å². The highest BCUT2D eigenvalue weighted by molar-refractivity contribution is 5.87. The zero-order valence-corrected chi connectivity index (χ0v) is 13.0. The molecule has 126 valence electrons. The Morgan fingerprint density at radius 1 is 1.43 bits per heavy atom. The molecule has 1 aromatic rings. The second kappa shape index (κ2) is 7.45. The number of hydrogen-bond donors (Lipinski definition) is 1. The smallest absolute Gasteiger partial charge is 0.410 e. The number of imidazole rings is 1. The Labute approximate surface area is 134 Å². The number of carbonyl (C=O) groups excluding carboxylic acids is 2. The molecule has 8 nitrogen and oxygen atoms in total. The van der Waals surface area contributed by atoms with E-state index in [-0.39, 0.29) is 18.4 Å². The van der Waals surface area contributed by atoms with Crippen molar-refractivity contribution < 1.29 is 19.1 Å². The van der Waals surface area contributed by atoms with Gasteiger partial charge in [0.15, 0.2) is 0 Å². The molecule has 8 heteroatoms. The van der Waals surface area contributed by atoms with Crippen LogP contribution in [0.4, 0.5) is 4.79 Å². The van der Waals surface area contributed by atoms with E-state index in [9.17, 15) is 9.59 Å². The molecule has 3 heterocycles. The second-order valence-electron chi connectivity index (χ2n) is 5.92. The number of nitrogens with one attached hydrogen (secondary N) is 1. The third-order valence-corrected chi connectivity index (χ3v) is 4.21. The van der Waals surface area contributed by atoms with Crippen molar-refractivity contribution >= 4 is 12.0 Å². The highest BCUT2D eigenvalue weighted by Gasteiger charge is 2.39. The summed E-state index contributed by atoms with van der Waals surface area (Å²) in [7, 11) is 0. The lowest BCUT2D eigenvalue weighted by Gasteiger charge is -2.23. The third-order valence-electron chi connectivity index (χ3n) is 4.21. The van der Waals surface area contributed by atoms with Crippen LogP contribution in [0.15, 0.2) is 18.7 Å². The highest BCUT2D eigenvalue weighted by Crippen LogP contribution is 2.20. The minimum atomic E-state index is -0.531. The van der Waals surface area contributed by atoms with Gasteiger partial charge in [-0.2, -0.15) is 0 Å². The van der Waals surface area contributed by atoms with E-state index >= 15 is 0 Å². The largest absolute Gasteiger partial charge is 0.447 e. The number of nitrogens with zero attached hydrogens (tertiary/aromatic N) is 3. The first kappa shape index (κ1) is 15.8. The third kappa shape index (κ3) is 4.01. The zero-order valence-electron chi connectivity index (χ0n) is 13.0. The fourth-order valence-corrected chi connectivity index (χ4v) is 2.88. The van der Waals surface area contributed by atoms with Crippen molar-refractivity contribution in [2.75, 3.05) is 32.9 Å². The maximum atomic E-state index is 12.3. The fraction of sp³-hybridized carbons (Fsp3) is 0.667. The predicted octanol–water partition coefficient (Wildman–Crippen LogP) is 0.247. The molecule has 2 amide bonds. The lowest BCUT2D eigenvalue weighted by atomic mass is 10.1. The van der Waals surface area contributed by atoms with Gasteiger partial charge in [0.25, 0.3) is 0 Å². The summed E-state index contributed by atoms with van der Waals surface area (Å²) in [4.78, 5) is 29.6. The first-order valence-electron chi connectivity index (χ1n) is 7.98. The molecule has 0 aliphatic carbocycles. The number of rotatable bonds is 7. The summed E-state index contributed by atoms with van der Waals surface area (Å²) in [6.45, 7) is 3.36. The minimum absolute atomic E-state index is 0.125. The summed E-state index contributed by atoms with van der Waals surface area (Å²) in [5.74, 6) is 0.137. The molecular formula is C15H22N4O4. The monoisotopic (exact) mass is 322 g/mol.